The Morgan fingerprint density at radius 3 is 1.87 bits per heavy atom. The first-order valence-electron chi connectivity index (χ1n) is 9.49. The van der Waals surface area contributed by atoms with E-state index in [2.05, 4.69) is 16.7 Å². The van der Waals surface area contributed by atoms with Crippen LogP contribution < -0.4 is 10.5 Å². The summed E-state index contributed by atoms with van der Waals surface area (Å²) in [7, 11) is 0. The van der Waals surface area contributed by atoms with Gasteiger partial charge >= 0.3 is 0 Å². The second kappa shape index (κ2) is 17.6. The molecule has 0 aliphatic rings. The quantitative estimate of drug-likeness (QED) is 0.552. The van der Waals surface area contributed by atoms with Crippen molar-refractivity contribution in [3.05, 3.63) is 59.8 Å². The average molecular weight is 415 g/mol. The lowest BCUT2D eigenvalue weighted by Crippen LogP contribution is -1.98. The van der Waals surface area contributed by atoms with Gasteiger partial charge in [-0.2, -0.15) is 0 Å². The highest BCUT2D eigenvalue weighted by molar-refractivity contribution is 5.65. The molecule has 0 unspecified atom stereocenters. The maximum Gasteiger partial charge on any atom is 0.220 e. The SMILES string of the molecule is C=N.C=O.CC.CCOc1ccc(-c2cnc(N)nc2C)cc1.Cc1ccc(C)o1. The van der Waals surface area contributed by atoms with E-state index in [0.29, 0.717) is 12.6 Å². The highest BCUT2D eigenvalue weighted by atomic mass is 16.5. The van der Waals surface area contributed by atoms with Gasteiger partial charge in [-0.25, -0.2) is 9.97 Å². The summed E-state index contributed by atoms with van der Waals surface area (Å²) >= 11 is 0. The first kappa shape index (κ1) is 28.7. The van der Waals surface area contributed by atoms with Gasteiger partial charge in [0.15, 0.2) is 0 Å². The van der Waals surface area contributed by atoms with Gasteiger partial charge in [0.25, 0.3) is 0 Å². The third-order valence-corrected chi connectivity index (χ3v) is 3.35. The van der Waals surface area contributed by atoms with E-state index in [4.69, 9.17) is 25.1 Å². The predicted molar refractivity (Wildman–Crippen MR) is 124 cm³/mol. The summed E-state index contributed by atoms with van der Waals surface area (Å²) in [5, 5.41) is 5.50. The van der Waals surface area contributed by atoms with E-state index in [0.717, 1.165) is 34.1 Å². The number of hydrogen-bond acceptors (Lipinski definition) is 7. The molecule has 0 amide bonds. The second-order valence-electron chi connectivity index (χ2n) is 5.34. The second-order valence-corrected chi connectivity index (χ2v) is 5.34. The molecule has 3 rings (SSSR count). The van der Waals surface area contributed by atoms with Crippen molar-refractivity contribution in [1.29, 1.82) is 5.41 Å². The van der Waals surface area contributed by atoms with Crippen LogP contribution in [0, 0.1) is 26.2 Å². The monoisotopic (exact) mass is 414 g/mol. The van der Waals surface area contributed by atoms with Gasteiger partial charge in [0.2, 0.25) is 5.95 Å². The number of anilines is 1. The molecule has 0 atom stereocenters. The first-order chi connectivity index (χ1) is 14.5. The van der Waals surface area contributed by atoms with Crippen molar-refractivity contribution in [2.24, 2.45) is 0 Å². The van der Waals surface area contributed by atoms with E-state index >= 15 is 0 Å². The van der Waals surface area contributed by atoms with Crippen LogP contribution in [-0.4, -0.2) is 30.1 Å². The van der Waals surface area contributed by atoms with Crippen LogP contribution in [0.25, 0.3) is 11.1 Å². The zero-order chi connectivity index (χ0) is 23.5. The van der Waals surface area contributed by atoms with Crippen molar-refractivity contribution in [3.63, 3.8) is 0 Å². The summed E-state index contributed by atoms with van der Waals surface area (Å²) in [5.74, 6) is 3.14. The Bertz CT molecular complexity index is 799. The number of nitrogens with one attached hydrogen (secondary N) is 1. The number of carbonyl (C=O) groups is 1. The molecule has 164 valence electrons. The Morgan fingerprint density at radius 1 is 1.00 bits per heavy atom. The minimum absolute atomic E-state index is 0.303. The maximum atomic E-state index is 8.00. The fourth-order valence-corrected chi connectivity index (χ4v) is 2.22. The Morgan fingerprint density at radius 2 is 1.50 bits per heavy atom. The van der Waals surface area contributed by atoms with Gasteiger partial charge in [0, 0.05) is 11.8 Å². The number of aromatic nitrogens is 2. The van der Waals surface area contributed by atoms with Crippen molar-refractivity contribution < 1.29 is 13.9 Å². The molecule has 0 spiro atoms. The molecule has 3 aromatic rings. The van der Waals surface area contributed by atoms with Crippen LogP contribution in [0.3, 0.4) is 0 Å². The smallest absolute Gasteiger partial charge is 0.220 e. The molecular weight excluding hydrogens is 380 g/mol. The largest absolute Gasteiger partial charge is 0.494 e. The van der Waals surface area contributed by atoms with E-state index in [-0.39, 0.29) is 0 Å². The zero-order valence-corrected chi connectivity index (χ0v) is 18.9. The molecule has 1 aromatic carbocycles. The first-order valence-corrected chi connectivity index (χ1v) is 9.49. The molecule has 0 aliphatic carbocycles. The summed E-state index contributed by atoms with van der Waals surface area (Å²) in [6.07, 6.45) is 1.74. The fourth-order valence-electron chi connectivity index (χ4n) is 2.22. The highest BCUT2D eigenvalue weighted by Gasteiger charge is 2.04. The zero-order valence-electron chi connectivity index (χ0n) is 18.9. The maximum absolute atomic E-state index is 8.00. The minimum Gasteiger partial charge on any atom is -0.494 e. The lowest BCUT2D eigenvalue weighted by molar-refractivity contribution is -0.0979. The third kappa shape index (κ3) is 10.8. The van der Waals surface area contributed by atoms with Crippen LogP contribution in [0.2, 0.25) is 0 Å². The van der Waals surface area contributed by atoms with Crippen LogP contribution in [0.5, 0.6) is 5.75 Å². The molecular formula is C23H34N4O3. The number of hydrogen-bond donors (Lipinski definition) is 2. The van der Waals surface area contributed by atoms with Crippen molar-refractivity contribution in [1.82, 2.24) is 9.97 Å². The number of aryl methyl sites for hydroxylation is 3. The third-order valence-electron chi connectivity index (χ3n) is 3.35. The molecule has 0 bridgehead atoms. The predicted octanol–water partition coefficient (Wildman–Crippen LogP) is 5.44. The van der Waals surface area contributed by atoms with Crippen LogP contribution in [-0.2, 0) is 4.79 Å². The van der Waals surface area contributed by atoms with E-state index in [9.17, 15) is 0 Å². The molecule has 30 heavy (non-hydrogen) atoms. The number of nitrogens with two attached hydrogens (primary N) is 1. The van der Waals surface area contributed by atoms with E-state index in [1.165, 1.54) is 0 Å². The fraction of sp³-hybridized carbons (Fsp3) is 0.304. The normalized spacial score (nSPS) is 8.47. The van der Waals surface area contributed by atoms with E-state index < -0.39 is 0 Å². The van der Waals surface area contributed by atoms with Crippen molar-refractivity contribution >= 4 is 19.5 Å². The van der Waals surface area contributed by atoms with Crippen LogP contribution in [0.4, 0.5) is 5.95 Å². The summed E-state index contributed by atoms with van der Waals surface area (Å²) in [5.41, 5.74) is 8.45. The summed E-state index contributed by atoms with van der Waals surface area (Å²) in [6.45, 7) is 16.9. The Kier molecular flexibility index (Phi) is 16.9. The topological polar surface area (TPSA) is 115 Å². The molecule has 0 saturated heterocycles. The molecule has 2 heterocycles. The Balaban J connectivity index is 0. The highest BCUT2D eigenvalue weighted by Crippen LogP contribution is 2.24. The number of benzene rings is 1. The van der Waals surface area contributed by atoms with Gasteiger partial charge < -0.3 is 25.1 Å². The number of rotatable bonds is 3. The summed E-state index contributed by atoms with van der Waals surface area (Å²) in [6, 6.07) is 11.8. The van der Waals surface area contributed by atoms with E-state index in [1.807, 2.05) is 84.7 Å². The number of ether oxygens (including phenoxy) is 1. The van der Waals surface area contributed by atoms with Gasteiger partial charge in [-0.3, -0.25) is 0 Å². The minimum atomic E-state index is 0.303. The molecule has 7 nitrogen and oxygen atoms in total. The summed E-state index contributed by atoms with van der Waals surface area (Å²) < 4.78 is 10.5. The van der Waals surface area contributed by atoms with E-state index in [1.54, 1.807) is 6.20 Å². The molecule has 7 heteroatoms. The van der Waals surface area contributed by atoms with Crippen LogP contribution in [0.15, 0.2) is 47.0 Å². The number of nitrogen functional groups attached to an aromatic ring is 1. The van der Waals surface area contributed by atoms with Crippen LogP contribution in [0.1, 0.15) is 38.0 Å². The Hall–Kier alpha value is -3.48. The number of furan rings is 1. The lowest BCUT2D eigenvalue weighted by Gasteiger charge is -2.07. The van der Waals surface area contributed by atoms with Gasteiger partial charge in [-0.05, 0) is 64.2 Å². The molecule has 3 N–H and O–H groups in total. The van der Waals surface area contributed by atoms with Gasteiger partial charge in [-0.1, -0.05) is 26.0 Å². The summed E-state index contributed by atoms with van der Waals surface area (Å²) in [4.78, 5) is 16.2. The average Bonchev–Trinajstić information content (AvgIpc) is 3.16. The standard InChI is InChI=1S/C13H15N3O.C6H8O.C2H6.CH3N.CH2O/c1-3-17-11-6-4-10(5-7-11)12-8-15-13(14)16-9(12)2;1-5-3-4-6(2)7-5;3*1-2/h4-8H,3H2,1-2H3,(H2,14,15,16);3-4H,1-2H3;1-2H3;2H,1H2;1H2. The number of carbonyl (C=O) groups excluding carboxylic acids is 1. The van der Waals surface area contributed by atoms with Crippen LogP contribution >= 0.6 is 0 Å². The van der Waals surface area contributed by atoms with Crippen molar-refractivity contribution in [2.45, 2.75) is 41.5 Å². The molecule has 2 aromatic heterocycles. The molecule has 0 radical (unpaired) electrons. The van der Waals surface area contributed by atoms with Gasteiger partial charge in [-0.15, -0.1) is 0 Å². The number of nitrogens with zero attached hydrogens (tertiary/aromatic N) is 2. The van der Waals surface area contributed by atoms with Gasteiger partial charge in [0.05, 0.1) is 12.3 Å². The Labute approximate surface area is 179 Å². The molecule has 0 fully saturated rings. The van der Waals surface area contributed by atoms with Crippen molar-refractivity contribution in [2.75, 3.05) is 12.3 Å². The van der Waals surface area contributed by atoms with Crippen molar-refractivity contribution in [3.8, 4) is 16.9 Å². The molecule has 0 aliphatic heterocycles. The molecule has 0 saturated carbocycles. The van der Waals surface area contributed by atoms with Gasteiger partial charge in [0.1, 0.15) is 24.1 Å². The lowest BCUT2D eigenvalue weighted by atomic mass is 10.1.